The predicted octanol–water partition coefficient (Wildman–Crippen LogP) is 1.66. The maximum Gasteiger partial charge on any atom is 0.449 e. The van der Waals surface area contributed by atoms with Gasteiger partial charge < -0.3 is 4.90 Å². The van der Waals surface area contributed by atoms with Crippen LogP contribution < -0.4 is 5.43 Å². The van der Waals surface area contributed by atoms with Gasteiger partial charge in [-0.25, -0.2) is 10.4 Å². The van der Waals surface area contributed by atoms with Gasteiger partial charge in [-0.15, -0.1) is 0 Å². The molecule has 9 heteroatoms. The Bertz CT molecular complexity index is 538. The molecule has 136 valence electrons. The molecule has 6 nitrogen and oxygen atoms in total. The summed E-state index contributed by atoms with van der Waals surface area (Å²) < 4.78 is 39.6. The number of aliphatic imine (C=N–C) groups is 2. The second-order valence-electron chi connectivity index (χ2n) is 6.93. The van der Waals surface area contributed by atoms with Crippen LogP contribution in [-0.2, 0) is 0 Å². The molecule has 3 aliphatic heterocycles. The minimum absolute atomic E-state index is 0.341. The van der Waals surface area contributed by atoms with Gasteiger partial charge in [0.1, 0.15) is 18.2 Å². The maximum absolute atomic E-state index is 13.2. The number of nitrogens with one attached hydrogen (secondary N) is 1. The van der Waals surface area contributed by atoms with Gasteiger partial charge in [0.25, 0.3) is 0 Å². The van der Waals surface area contributed by atoms with Gasteiger partial charge in [-0.1, -0.05) is 0 Å². The number of piperidine rings is 1. The quantitative estimate of drug-likeness (QED) is 0.826. The number of halogens is 3. The van der Waals surface area contributed by atoms with E-state index in [4.69, 9.17) is 0 Å². The van der Waals surface area contributed by atoms with Crippen molar-refractivity contribution in [3.8, 4) is 0 Å². The fourth-order valence-electron chi connectivity index (χ4n) is 3.78. The van der Waals surface area contributed by atoms with Gasteiger partial charge in [0, 0.05) is 39.1 Å². The summed E-state index contributed by atoms with van der Waals surface area (Å²) in [5, 5.41) is 2.10. The third-order valence-corrected chi connectivity index (χ3v) is 5.29. The molecule has 0 radical (unpaired) electrons. The van der Waals surface area contributed by atoms with Gasteiger partial charge in [-0.3, -0.25) is 14.9 Å². The second-order valence-corrected chi connectivity index (χ2v) is 6.93. The van der Waals surface area contributed by atoms with Crippen LogP contribution in [0.3, 0.4) is 0 Å². The van der Waals surface area contributed by atoms with Crippen molar-refractivity contribution in [2.24, 2.45) is 9.98 Å². The summed E-state index contributed by atoms with van der Waals surface area (Å²) >= 11 is 0. The largest absolute Gasteiger partial charge is 0.449 e. The standard InChI is InChI=1S/C15H25F3N6/c1-11-19-10-20-24(11)12-4-7-23(8-5-12)14(2)6-9-22(3)13(21-14)15(16,17)18/h12,20H,4-10H2,1-3H3/t14-/m0/s1. The van der Waals surface area contributed by atoms with Crippen molar-refractivity contribution in [2.75, 3.05) is 33.4 Å². The van der Waals surface area contributed by atoms with E-state index < -0.39 is 17.7 Å². The van der Waals surface area contributed by atoms with Gasteiger partial charge in [0.15, 0.2) is 0 Å². The van der Waals surface area contributed by atoms with E-state index in [-0.39, 0.29) is 0 Å². The summed E-state index contributed by atoms with van der Waals surface area (Å²) in [6.07, 6.45) is -2.01. The highest BCUT2D eigenvalue weighted by atomic mass is 19.4. The summed E-state index contributed by atoms with van der Waals surface area (Å²) in [7, 11) is 1.46. The van der Waals surface area contributed by atoms with Crippen molar-refractivity contribution in [1.82, 2.24) is 20.2 Å². The molecule has 0 unspecified atom stereocenters. The lowest BCUT2D eigenvalue weighted by Gasteiger charge is -2.47. The van der Waals surface area contributed by atoms with Gasteiger partial charge in [-0.05, 0) is 26.7 Å². The molecule has 0 aliphatic carbocycles. The molecule has 24 heavy (non-hydrogen) atoms. The Kier molecular flexibility index (Phi) is 4.50. The zero-order valence-corrected chi connectivity index (χ0v) is 14.4. The summed E-state index contributed by atoms with van der Waals surface area (Å²) in [6.45, 7) is 6.26. The van der Waals surface area contributed by atoms with Crippen LogP contribution in [0.15, 0.2) is 9.98 Å². The molecule has 1 atom stereocenters. The number of amidine groups is 2. The first kappa shape index (κ1) is 17.5. The molecule has 1 saturated heterocycles. The Morgan fingerprint density at radius 2 is 1.88 bits per heavy atom. The fourth-order valence-corrected chi connectivity index (χ4v) is 3.78. The minimum atomic E-state index is -4.40. The van der Waals surface area contributed by atoms with E-state index in [1.807, 2.05) is 13.8 Å². The highest BCUT2D eigenvalue weighted by molar-refractivity contribution is 5.88. The Morgan fingerprint density at radius 3 is 2.42 bits per heavy atom. The number of nitrogens with zero attached hydrogens (tertiary/aromatic N) is 5. The summed E-state index contributed by atoms with van der Waals surface area (Å²) in [6, 6.07) is 0.341. The van der Waals surface area contributed by atoms with Crippen molar-refractivity contribution in [1.29, 1.82) is 0 Å². The molecular formula is C15H25F3N6. The molecular weight excluding hydrogens is 321 g/mol. The van der Waals surface area contributed by atoms with Crippen LogP contribution in [0.4, 0.5) is 13.2 Å². The number of hydrogen-bond donors (Lipinski definition) is 1. The first-order chi connectivity index (χ1) is 11.2. The van der Waals surface area contributed by atoms with E-state index in [0.717, 1.165) is 31.8 Å². The van der Waals surface area contributed by atoms with Crippen molar-refractivity contribution in [3.05, 3.63) is 0 Å². The summed E-state index contributed by atoms with van der Waals surface area (Å²) in [5.41, 5.74) is 2.47. The third kappa shape index (κ3) is 3.23. The average molecular weight is 346 g/mol. The topological polar surface area (TPSA) is 46.5 Å². The second kappa shape index (κ2) is 6.18. The normalized spacial score (nSPS) is 30.6. The van der Waals surface area contributed by atoms with Crippen LogP contribution in [0.1, 0.15) is 33.1 Å². The van der Waals surface area contributed by atoms with E-state index in [9.17, 15) is 13.2 Å². The molecule has 0 aromatic rings. The van der Waals surface area contributed by atoms with Crippen LogP contribution in [0.2, 0.25) is 0 Å². The van der Waals surface area contributed by atoms with E-state index in [1.54, 1.807) is 0 Å². The smallest absolute Gasteiger partial charge is 0.356 e. The lowest BCUT2D eigenvalue weighted by molar-refractivity contribution is -0.0738. The van der Waals surface area contributed by atoms with Crippen LogP contribution in [0.5, 0.6) is 0 Å². The maximum atomic E-state index is 13.2. The predicted molar refractivity (Wildman–Crippen MR) is 86.7 cm³/mol. The summed E-state index contributed by atoms with van der Waals surface area (Å²) in [4.78, 5) is 11.8. The van der Waals surface area contributed by atoms with E-state index in [2.05, 4.69) is 25.3 Å². The molecule has 1 fully saturated rings. The van der Waals surface area contributed by atoms with Crippen molar-refractivity contribution in [3.63, 3.8) is 0 Å². The molecule has 0 aromatic carbocycles. The molecule has 0 saturated carbocycles. The molecule has 3 aliphatic rings. The number of rotatable bonds is 2. The van der Waals surface area contributed by atoms with Crippen LogP contribution in [0.25, 0.3) is 0 Å². The number of alkyl halides is 3. The van der Waals surface area contributed by atoms with Crippen molar-refractivity contribution >= 4 is 11.7 Å². The van der Waals surface area contributed by atoms with Crippen molar-refractivity contribution in [2.45, 2.75) is 51.0 Å². The summed E-state index contributed by atoms with van der Waals surface area (Å²) in [5.74, 6) is 0.221. The van der Waals surface area contributed by atoms with Gasteiger partial charge in [0.2, 0.25) is 5.84 Å². The Hall–Kier alpha value is -1.35. The fraction of sp³-hybridized carbons (Fsp3) is 0.867. The molecule has 0 spiro atoms. The average Bonchev–Trinajstić information content (AvgIpc) is 2.95. The van der Waals surface area contributed by atoms with Gasteiger partial charge in [-0.2, -0.15) is 13.2 Å². The molecule has 3 rings (SSSR count). The number of likely N-dealkylation sites (tertiary alicyclic amines) is 1. The van der Waals surface area contributed by atoms with E-state index in [1.165, 1.54) is 11.9 Å². The molecule has 0 bridgehead atoms. The number of hydrazine groups is 1. The van der Waals surface area contributed by atoms with Crippen molar-refractivity contribution < 1.29 is 13.2 Å². The van der Waals surface area contributed by atoms with Crippen LogP contribution >= 0.6 is 0 Å². The van der Waals surface area contributed by atoms with Crippen LogP contribution in [0, 0.1) is 0 Å². The Balaban J connectivity index is 1.69. The SMILES string of the molecule is CC1=NCNN1C1CCN([C@@]2(C)CCN(C)C(C(F)(F)F)=N2)CC1. The Labute approximate surface area is 140 Å². The minimum Gasteiger partial charge on any atom is -0.356 e. The molecule has 0 aromatic heterocycles. The molecule has 1 N–H and O–H groups in total. The highest BCUT2D eigenvalue weighted by Crippen LogP contribution is 2.33. The van der Waals surface area contributed by atoms with Gasteiger partial charge in [0.05, 0.1) is 0 Å². The molecule has 0 amide bonds. The van der Waals surface area contributed by atoms with Crippen LogP contribution in [-0.4, -0.2) is 77.7 Å². The lowest BCUT2D eigenvalue weighted by Crippen LogP contribution is -2.58. The first-order valence-electron chi connectivity index (χ1n) is 8.38. The van der Waals surface area contributed by atoms with E-state index >= 15 is 0 Å². The highest BCUT2D eigenvalue weighted by Gasteiger charge is 2.46. The Morgan fingerprint density at radius 1 is 1.21 bits per heavy atom. The number of hydrogen-bond acceptors (Lipinski definition) is 6. The monoisotopic (exact) mass is 346 g/mol. The van der Waals surface area contributed by atoms with E-state index in [0.29, 0.717) is 25.7 Å². The van der Waals surface area contributed by atoms with Gasteiger partial charge >= 0.3 is 6.18 Å². The molecule has 3 heterocycles. The lowest BCUT2D eigenvalue weighted by atomic mass is 9.97. The zero-order valence-electron chi connectivity index (χ0n) is 14.4. The zero-order chi connectivity index (χ0) is 17.5. The third-order valence-electron chi connectivity index (χ3n) is 5.29. The first-order valence-corrected chi connectivity index (χ1v) is 8.38.